The Bertz CT molecular complexity index is 445. The van der Waals surface area contributed by atoms with E-state index in [-0.39, 0.29) is 24.3 Å². The van der Waals surface area contributed by atoms with Crippen LogP contribution in [0.1, 0.15) is 13.8 Å². The van der Waals surface area contributed by atoms with Gasteiger partial charge in [0.25, 0.3) is 5.91 Å². The molecule has 0 spiro atoms. The minimum absolute atomic E-state index is 0.0241. The quantitative estimate of drug-likeness (QED) is 0.686. The minimum Gasteiger partial charge on any atom is -0.484 e. The Morgan fingerprint density at radius 2 is 1.95 bits per heavy atom. The van der Waals surface area contributed by atoms with Gasteiger partial charge in [-0.25, -0.2) is 0 Å². The van der Waals surface area contributed by atoms with E-state index in [1.807, 2.05) is 6.92 Å². The second-order valence-electron chi connectivity index (χ2n) is 4.39. The molecule has 1 rings (SSSR count). The molecule has 0 aliphatic rings. The van der Waals surface area contributed by atoms with Crippen molar-refractivity contribution in [1.29, 1.82) is 0 Å². The normalized spacial score (nSPS) is 11.6. The van der Waals surface area contributed by atoms with Crippen molar-refractivity contribution in [1.82, 2.24) is 5.32 Å². The molecule has 0 aliphatic carbocycles. The molecule has 0 aliphatic heterocycles. The molecule has 0 fully saturated rings. The number of nitrogens with two attached hydrogens (primary N) is 1. The van der Waals surface area contributed by atoms with E-state index in [1.165, 1.54) is 0 Å². The highest BCUT2D eigenvalue weighted by Gasteiger charge is 2.10. The Labute approximate surface area is 118 Å². The summed E-state index contributed by atoms with van der Waals surface area (Å²) in [5, 5.41) is 5.39. The number of hydrogen-bond donors (Lipinski definition) is 3. The highest BCUT2D eigenvalue weighted by Crippen LogP contribution is 2.16. The molecule has 1 unspecified atom stereocenters. The molecule has 0 aromatic heterocycles. The molecule has 6 heteroatoms. The van der Waals surface area contributed by atoms with Crippen LogP contribution in [0, 0.1) is 5.92 Å². The molecular weight excluding hydrogens is 258 g/mol. The van der Waals surface area contributed by atoms with E-state index in [1.54, 1.807) is 31.2 Å². The number of ether oxygens (including phenoxy) is 1. The van der Waals surface area contributed by atoms with Crippen LogP contribution in [0.15, 0.2) is 24.3 Å². The highest BCUT2D eigenvalue weighted by atomic mass is 16.5. The van der Waals surface area contributed by atoms with Crippen molar-refractivity contribution in [2.45, 2.75) is 13.8 Å². The van der Waals surface area contributed by atoms with Gasteiger partial charge < -0.3 is 21.1 Å². The van der Waals surface area contributed by atoms with Crippen molar-refractivity contribution >= 4 is 17.5 Å². The molecule has 0 heterocycles. The molecule has 6 nitrogen and oxygen atoms in total. The first kappa shape index (κ1) is 16.0. The van der Waals surface area contributed by atoms with Gasteiger partial charge in [0.15, 0.2) is 6.61 Å². The molecule has 110 valence electrons. The van der Waals surface area contributed by atoms with Crippen molar-refractivity contribution in [2.75, 3.05) is 25.0 Å². The lowest BCUT2D eigenvalue weighted by Crippen LogP contribution is -2.28. The van der Waals surface area contributed by atoms with Gasteiger partial charge >= 0.3 is 0 Å². The first-order valence-corrected chi connectivity index (χ1v) is 6.57. The Morgan fingerprint density at radius 3 is 2.50 bits per heavy atom. The third-order valence-electron chi connectivity index (χ3n) is 2.67. The van der Waals surface area contributed by atoms with Crippen molar-refractivity contribution < 1.29 is 14.3 Å². The SMILES string of the molecule is CCNC(=O)COc1ccc(NC(=O)C(C)CN)cc1. The van der Waals surface area contributed by atoms with E-state index in [9.17, 15) is 9.59 Å². The number of hydrogen-bond acceptors (Lipinski definition) is 4. The molecule has 1 atom stereocenters. The van der Waals surface area contributed by atoms with Crippen LogP contribution in [-0.4, -0.2) is 31.5 Å². The monoisotopic (exact) mass is 279 g/mol. The fourth-order valence-electron chi connectivity index (χ4n) is 1.40. The van der Waals surface area contributed by atoms with Gasteiger partial charge in [-0.2, -0.15) is 0 Å². The van der Waals surface area contributed by atoms with E-state index < -0.39 is 0 Å². The minimum atomic E-state index is -0.233. The maximum atomic E-state index is 11.6. The molecule has 0 radical (unpaired) electrons. The number of carbonyl (C=O) groups excluding carboxylic acids is 2. The number of likely N-dealkylation sites (N-methyl/N-ethyl adjacent to an activating group) is 1. The number of amides is 2. The van der Waals surface area contributed by atoms with Gasteiger partial charge in [0.1, 0.15) is 5.75 Å². The molecule has 2 amide bonds. The summed E-state index contributed by atoms with van der Waals surface area (Å²) in [6.07, 6.45) is 0. The van der Waals surface area contributed by atoms with E-state index in [0.717, 1.165) is 0 Å². The van der Waals surface area contributed by atoms with Crippen LogP contribution in [0.5, 0.6) is 5.75 Å². The molecular formula is C14H21N3O3. The summed E-state index contributed by atoms with van der Waals surface area (Å²) >= 11 is 0. The van der Waals surface area contributed by atoms with Crippen LogP contribution < -0.4 is 21.1 Å². The van der Waals surface area contributed by atoms with Crippen LogP contribution in [-0.2, 0) is 9.59 Å². The predicted octanol–water partition coefficient (Wildman–Crippen LogP) is 0.735. The summed E-state index contributed by atoms with van der Waals surface area (Å²) in [7, 11) is 0. The number of benzene rings is 1. The molecule has 0 saturated carbocycles. The molecule has 4 N–H and O–H groups in total. The number of rotatable bonds is 7. The lowest BCUT2D eigenvalue weighted by atomic mass is 10.1. The fraction of sp³-hybridized carbons (Fsp3) is 0.429. The Hall–Kier alpha value is -2.08. The zero-order chi connectivity index (χ0) is 15.0. The van der Waals surface area contributed by atoms with Gasteiger partial charge in [-0.3, -0.25) is 9.59 Å². The maximum Gasteiger partial charge on any atom is 0.257 e. The average molecular weight is 279 g/mol. The topological polar surface area (TPSA) is 93.5 Å². The van der Waals surface area contributed by atoms with Gasteiger partial charge in [-0.1, -0.05) is 6.92 Å². The molecule has 0 bridgehead atoms. The standard InChI is InChI=1S/C14H21N3O3/c1-3-16-13(18)9-20-12-6-4-11(5-7-12)17-14(19)10(2)8-15/h4-7,10H,3,8-9,15H2,1-2H3,(H,16,18)(H,17,19). The smallest absolute Gasteiger partial charge is 0.257 e. The fourth-order valence-corrected chi connectivity index (χ4v) is 1.40. The largest absolute Gasteiger partial charge is 0.484 e. The van der Waals surface area contributed by atoms with E-state index in [2.05, 4.69) is 10.6 Å². The number of nitrogens with one attached hydrogen (secondary N) is 2. The van der Waals surface area contributed by atoms with Gasteiger partial charge in [-0.05, 0) is 31.2 Å². The summed E-state index contributed by atoms with van der Waals surface area (Å²) in [4.78, 5) is 22.9. The Kier molecular flexibility index (Phi) is 6.52. The Morgan fingerprint density at radius 1 is 1.30 bits per heavy atom. The summed E-state index contributed by atoms with van der Waals surface area (Å²) in [6, 6.07) is 6.83. The van der Waals surface area contributed by atoms with Crippen LogP contribution >= 0.6 is 0 Å². The van der Waals surface area contributed by atoms with E-state index in [0.29, 0.717) is 24.5 Å². The van der Waals surface area contributed by atoms with Crippen LogP contribution in [0.25, 0.3) is 0 Å². The number of anilines is 1. The van der Waals surface area contributed by atoms with Gasteiger partial charge in [0, 0.05) is 24.7 Å². The second kappa shape index (κ2) is 8.16. The zero-order valence-corrected chi connectivity index (χ0v) is 11.8. The van der Waals surface area contributed by atoms with Crippen molar-refractivity contribution in [3.63, 3.8) is 0 Å². The lowest BCUT2D eigenvalue weighted by molar-refractivity contribution is -0.123. The lowest BCUT2D eigenvalue weighted by Gasteiger charge is -2.11. The van der Waals surface area contributed by atoms with Crippen molar-refractivity contribution in [2.24, 2.45) is 11.7 Å². The van der Waals surface area contributed by atoms with Gasteiger partial charge in [-0.15, -0.1) is 0 Å². The van der Waals surface area contributed by atoms with Gasteiger partial charge in [0.05, 0.1) is 0 Å². The third-order valence-corrected chi connectivity index (χ3v) is 2.67. The average Bonchev–Trinajstić information content (AvgIpc) is 2.46. The molecule has 20 heavy (non-hydrogen) atoms. The van der Waals surface area contributed by atoms with Crippen molar-refractivity contribution in [3.05, 3.63) is 24.3 Å². The van der Waals surface area contributed by atoms with Gasteiger partial charge in [0.2, 0.25) is 5.91 Å². The summed E-state index contributed by atoms with van der Waals surface area (Å²) in [6.45, 7) is 4.46. The summed E-state index contributed by atoms with van der Waals surface area (Å²) in [5.74, 6) is 0.0509. The number of carbonyl (C=O) groups is 2. The maximum absolute atomic E-state index is 11.6. The highest BCUT2D eigenvalue weighted by molar-refractivity contribution is 5.92. The first-order valence-electron chi connectivity index (χ1n) is 6.57. The summed E-state index contributed by atoms with van der Waals surface area (Å²) in [5.41, 5.74) is 6.09. The Balaban J connectivity index is 2.48. The predicted molar refractivity (Wildman–Crippen MR) is 77.5 cm³/mol. The van der Waals surface area contributed by atoms with Crippen LogP contribution in [0.2, 0.25) is 0 Å². The summed E-state index contributed by atoms with van der Waals surface area (Å²) < 4.78 is 5.30. The zero-order valence-electron chi connectivity index (χ0n) is 11.8. The van der Waals surface area contributed by atoms with Crippen molar-refractivity contribution in [3.8, 4) is 5.75 Å². The van der Waals surface area contributed by atoms with Crippen LogP contribution in [0.4, 0.5) is 5.69 Å². The first-order chi connectivity index (χ1) is 9.56. The molecule has 0 saturated heterocycles. The second-order valence-corrected chi connectivity index (χ2v) is 4.39. The molecule has 1 aromatic carbocycles. The van der Waals surface area contributed by atoms with E-state index >= 15 is 0 Å². The third kappa shape index (κ3) is 5.27. The van der Waals surface area contributed by atoms with Crippen LogP contribution in [0.3, 0.4) is 0 Å². The van der Waals surface area contributed by atoms with E-state index in [4.69, 9.17) is 10.5 Å². The molecule has 1 aromatic rings.